The van der Waals surface area contributed by atoms with Crippen LogP contribution in [0.15, 0.2) is 12.4 Å². The maximum Gasteiger partial charge on any atom is 0.157 e. The molecular weight excluding hydrogens is 410 g/mol. The van der Waals surface area contributed by atoms with Crippen molar-refractivity contribution in [3.8, 4) is 6.07 Å². The molecule has 0 amide bonds. The molecule has 5 nitrogen and oxygen atoms in total. The molecule has 4 aliphatic rings. The van der Waals surface area contributed by atoms with Crippen molar-refractivity contribution in [3.63, 3.8) is 0 Å². The maximum atomic E-state index is 13.5. The number of hydrogen-bond donors (Lipinski definition) is 1. The van der Waals surface area contributed by atoms with E-state index < -0.39 is 5.60 Å². The number of aromatic nitrogens is 2. The van der Waals surface area contributed by atoms with Crippen LogP contribution in [-0.4, -0.2) is 26.3 Å². The van der Waals surface area contributed by atoms with E-state index in [0.717, 1.165) is 43.9 Å². The van der Waals surface area contributed by atoms with Crippen LogP contribution in [0.25, 0.3) is 0 Å². The van der Waals surface area contributed by atoms with Crippen LogP contribution in [0.1, 0.15) is 97.0 Å². The topological polar surface area (TPSA) is 78.9 Å². The van der Waals surface area contributed by atoms with Crippen LogP contribution in [0.5, 0.6) is 0 Å². The predicted octanol–water partition coefficient (Wildman–Crippen LogP) is 5.51. The molecule has 33 heavy (non-hydrogen) atoms. The molecule has 0 bridgehead atoms. The first-order valence-corrected chi connectivity index (χ1v) is 13.4. The largest absolute Gasteiger partial charge is 0.390 e. The Hall–Kier alpha value is -1.67. The minimum absolute atomic E-state index is 0.0869. The summed E-state index contributed by atoms with van der Waals surface area (Å²) >= 11 is 0. The highest BCUT2D eigenvalue weighted by Crippen LogP contribution is 2.68. The molecule has 0 aliphatic heterocycles. The highest BCUT2D eigenvalue weighted by atomic mass is 16.3. The van der Waals surface area contributed by atoms with Crippen LogP contribution >= 0.6 is 0 Å². The molecule has 1 aromatic heterocycles. The quantitative estimate of drug-likeness (QED) is 0.654. The maximum absolute atomic E-state index is 13.5. The fourth-order valence-electron chi connectivity index (χ4n) is 9.45. The van der Waals surface area contributed by atoms with Gasteiger partial charge in [0.2, 0.25) is 0 Å². The number of Topliss-reactive ketones (excluding diaryl/α,β-unsaturated/α-hetero) is 1. The lowest BCUT2D eigenvalue weighted by atomic mass is 9.40. The third kappa shape index (κ3) is 3.68. The molecule has 4 aliphatic carbocycles. The number of ketones is 1. The van der Waals surface area contributed by atoms with Crippen molar-refractivity contribution in [2.24, 2.45) is 40.4 Å². The Balaban J connectivity index is 1.38. The summed E-state index contributed by atoms with van der Waals surface area (Å²) in [5.74, 6) is 3.20. The highest BCUT2D eigenvalue weighted by molar-refractivity contribution is 5.81. The summed E-state index contributed by atoms with van der Waals surface area (Å²) in [6.45, 7) is 7.16. The van der Waals surface area contributed by atoms with Gasteiger partial charge in [-0.1, -0.05) is 20.3 Å². The average molecular weight is 452 g/mol. The van der Waals surface area contributed by atoms with Gasteiger partial charge >= 0.3 is 0 Å². The number of fused-ring (bicyclic) bond motifs is 5. The lowest BCUT2D eigenvalue weighted by Crippen LogP contribution is -2.59. The third-order valence-corrected chi connectivity index (χ3v) is 11.0. The Morgan fingerprint density at radius 1 is 1.18 bits per heavy atom. The summed E-state index contributed by atoms with van der Waals surface area (Å²) in [7, 11) is 0. The lowest BCUT2D eigenvalue weighted by molar-refractivity contribution is -0.175. The zero-order chi connectivity index (χ0) is 23.4. The van der Waals surface area contributed by atoms with Crippen LogP contribution in [-0.2, 0) is 11.3 Å². The standard InChI is InChI=1S/C28H41N3O2/c1-4-28-13-12-26(2,33)14-20(28)8-9-21-22-6-5-7-24(27(22,3)11-10-23(21)28)25(32)18-31-17-19(15-29)16-30-31/h16-17,20-24,33H,4-14,18H2,1-3H3/t20-,21+,22+,23+,24-,26-,27+,28+/m1/s1. The van der Waals surface area contributed by atoms with Gasteiger partial charge in [-0.25, -0.2) is 0 Å². The van der Waals surface area contributed by atoms with Crippen molar-refractivity contribution in [1.29, 1.82) is 5.26 Å². The first-order valence-electron chi connectivity index (χ1n) is 13.4. The van der Waals surface area contributed by atoms with Crippen molar-refractivity contribution in [3.05, 3.63) is 18.0 Å². The SMILES string of the molecule is CC[C@]12CC[C@@](C)(O)C[C@H]1CC[C@H]1[C@@H]3CCC[C@H](C(=O)Cn4cc(C#N)cn4)[C@@]3(C)CC[C@@H]12. The van der Waals surface area contributed by atoms with E-state index in [0.29, 0.717) is 35.1 Å². The molecule has 1 heterocycles. The van der Waals surface area contributed by atoms with E-state index >= 15 is 0 Å². The molecular formula is C28H41N3O2. The van der Waals surface area contributed by atoms with E-state index in [2.05, 4.69) is 25.0 Å². The molecule has 0 unspecified atom stereocenters. The molecule has 0 radical (unpaired) electrons. The van der Waals surface area contributed by atoms with Crippen molar-refractivity contribution in [2.45, 2.75) is 104 Å². The molecule has 0 saturated heterocycles. The van der Waals surface area contributed by atoms with Crippen LogP contribution in [0, 0.1) is 51.8 Å². The minimum atomic E-state index is -0.486. The van der Waals surface area contributed by atoms with Crippen LogP contribution in [0.3, 0.4) is 0 Å². The molecule has 4 fully saturated rings. The van der Waals surface area contributed by atoms with Crippen LogP contribution in [0.4, 0.5) is 0 Å². The second-order valence-corrected chi connectivity index (χ2v) is 12.5. The van der Waals surface area contributed by atoms with Gasteiger partial charge in [-0.3, -0.25) is 9.48 Å². The van der Waals surface area contributed by atoms with Gasteiger partial charge in [-0.2, -0.15) is 10.4 Å². The smallest absolute Gasteiger partial charge is 0.157 e. The Morgan fingerprint density at radius 2 is 2.00 bits per heavy atom. The number of nitrogens with zero attached hydrogens (tertiary/aromatic N) is 3. The van der Waals surface area contributed by atoms with E-state index in [-0.39, 0.29) is 11.3 Å². The normalized spacial score (nSPS) is 44.8. The molecule has 1 N–H and O–H groups in total. The molecule has 1 aromatic rings. The fourth-order valence-corrected chi connectivity index (χ4v) is 9.45. The van der Waals surface area contributed by atoms with Crippen molar-refractivity contribution in [1.82, 2.24) is 9.78 Å². The monoisotopic (exact) mass is 451 g/mol. The number of hydrogen-bond acceptors (Lipinski definition) is 4. The van der Waals surface area contributed by atoms with Gasteiger partial charge < -0.3 is 5.11 Å². The summed E-state index contributed by atoms with van der Waals surface area (Å²) in [4.78, 5) is 13.5. The van der Waals surface area contributed by atoms with Crippen LogP contribution in [0.2, 0.25) is 0 Å². The summed E-state index contributed by atoms with van der Waals surface area (Å²) < 4.78 is 1.66. The zero-order valence-corrected chi connectivity index (χ0v) is 20.7. The van der Waals surface area contributed by atoms with Gasteiger partial charge in [0.1, 0.15) is 6.07 Å². The van der Waals surface area contributed by atoms with Gasteiger partial charge in [0, 0.05) is 12.1 Å². The van der Waals surface area contributed by atoms with Gasteiger partial charge in [-0.15, -0.1) is 0 Å². The number of rotatable bonds is 4. The van der Waals surface area contributed by atoms with Gasteiger partial charge in [0.05, 0.1) is 23.9 Å². The first kappa shape index (κ1) is 23.1. The first-order chi connectivity index (χ1) is 15.7. The molecule has 5 heteroatoms. The molecule has 4 saturated carbocycles. The van der Waals surface area contributed by atoms with Crippen molar-refractivity contribution in [2.75, 3.05) is 0 Å². The number of aliphatic hydroxyl groups is 1. The number of carbonyl (C=O) groups is 1. The summed E-state index contributed by atoms with van der Waals surface area (Å²) in [6, 6.07) is 2.11. The van der Waals surface area contributed by atoms with Gasteiger partial charge in [-0.05, 0) is 106 Å². The van der Waals surface area contributed by atoms with Crippen LogP contribution < -0.4 is 0 Å². The van der Waals surface area contributed by atoms with Crippen molar-refractivity contribution < 1.29 is 9.90 Å². The Morgan fingerprint density at radius 3 is 2.73 bits per heavy atom. The summed E-state index contributed by atoms with van der Waals surface area (Å²) in [5, 5.41) is 24.2. The Bertz CT molecular complexity index is 945. The van der Waals surface area contributed by atoms with Gasteiger partial charge in [0.15, 0.2) is 5.78 Å². The molecule has 8 atom stereocenters. The molecule has 0 aromatic carbocycles. The van der Waals surface area contributed by atoms with E-state index in [1.807, 2.05) is 6.92 Å². The lowest BCUT2D eigenvalue weighted by Gasteiger charge is -2.65. The summed E-state index contributed by atoms with van der Waals surface area (Å²) in [6.07, 6.45) is 15.9. The Kier molecular flexibility index (Phi) is 5.75. The molecule has 0 spiro atoms. The van der Waals surface area contributed by atoms with Gasteiger partial charge in [0.25, 0.3) is 0 Å². The van der Waals surface area contributed by atoms with E-state index in [4.69, 9.17) is 5.26 Å². The predicted molar refractivity (Wildman–Crippen MR) is 127 cm³/mol. The molecule has 5 rings (SSSR count). The number of nitriles is 1. The number of carbonyl (C=O) groups excluding carboxylic acids is 1. The van der Waals surface area contributed by atoms with Crippen molar-refractivity contribution >= 4 is 5.78 Å². The zero-order valence-electron chi connectivity index (χ0n) is 20.7. The highest BCUT2D eigenvalue weighted by Gasteiger charge is 2.61. The second kappa shape index (κ2) is 8.22. The van der Waals surface area contributed by atoms with E-state index in [9.17, 15) is 9.90 Å². The minimum Gasteiger partial charge on any atom is -0.390 e. The second-order valence-electron chi connectivity index (χ2n) is 12.5. The third-order valence-electron chi connectivity index (χ3n) is 11.0. The average Bonchev–Trinajstić information content (AvgIpc) is 3.24. The Labute approximate surface area is 198 Å². The summed E-state index contributed by atoms with van der Waals surface area (Å²) in [5.41, 5.74) is 0.513. The molecule has 180 valence electrons. The van der Waals surface area contributed by atoms with E-state index in [1.54, 1.807) is 17.1 Å². The van der Waals surface area contributed by atoms with E-state index in [1.165, 1.54) is 38.5 Å². The fraction of sp³-hybridized carbons (Fsp3) is 0.821.